The quantitative estimate of drug-likeness (QED) is 0.473. The van der Waals surface area contributed by atoms with Gasteiger partial charge in [-0.1, -0.05) is 0 Å². The van der Waals surface area contributed by atoms with E-state index in [1.807, 2.05) is 0 Å². The van der Waals surface area contributed by atoms with Crippen molar-refractivity contribution in [3.05, 3.63) is 0 Å². The van der Waals surface area contributed by atoms with Crippen molar-refractivity contribution in [3.63, 3.8) is 0 Å². The fraction of sp³-hybridized carbons (Fsp3) is 1.00. The Morgan fingerprint density at radius 1 is 1.50 bits per heavy atom. The molecule has 4 atom stereocenters. The molecule has 4 heteroatoms. The smallest absolute Gasteiger partial charge is 0.114 e. The lowest BCUT2D eigenvalue weighted by molar-refractivity contribution is -0.154. The maximum atomic E-state index is 9.27. The molecule has 0 aromatic carbocycles. The maximum Gasteiger partial charge on any atom is 0.114 e. The van der Waals surface area contributed by atoms with E-state index in [1.165, 1.54) is 0 Å². The molecule has 4 nitrogen and oxygen atoms in total. The molecule has 0 saturated carbocycles. The van der Waals surface area contributed by atoms with Crippen LogP contribution < -0.4 is 0 Å². The minimum Gasteiger partial charge on any atom is -0.394 e. The maximum absolute atomic E-state index is 9.27. The molecule has 0 unspecified atom stereocenters. The molecule has 2 saturated heterocycles. The Kier molecular flexibility index (Phi) is 1.42. The molecule has 2 heterocycles. The van der Waals surface area contributed by atoms with E-state index in [4.69, 9.17) is 14.6 Å². The first-order valence-corrected chi connectivity index (χ1v) is 3.39. The van der Waals surface area contributed by atoms with E-state index in [1.54, 1.807) is 0 Å². The van der Waals surface area contributed by atoms with Gasteiger partial charge in [-0.15, -0.1) is 0 Å². The summed E-state index contributed by atoms with van der Waals surface area (Å²) in [4.78, 5) is 0. The number of rotatable bonds is 1. The Morgan fingerprint density at radius 3 is 2.60 bits per heavy atom. The zero-order chi connectivity index (χ0) is 7.14. The fourth-order valence-electron chi connectivity index (χ4n) is 1.39. The number of hydrogen-bond donors (Lipinski definition) is 2. The summed E-state index contributed by atoms with van der Waals surface area (Å²) in [7, 11) is 0. The van der Waals surface area contributed by atoms with E-state index in [9.17, 15) is 5.11 Å². The van der Waals surface area contributed by atoms with Crippen LogP contribution in [0.5, 0.6) is 0 Å². The van der Waals surface area contributed by atoms with Crippen molar-refractivity contribution in [1.82, 2.24) is 0 Å². The molecule has 2 aliphatic heterocycles. The van der Waals surface area contributed by atoms with Crippen LogP contribution in [0.2, 0.25) is 0 Å². The van der Waals surface area contributed by atoms with Crippen molar-refractivity contribution in [2.75, 3.05) is 13.2 Å². The molecule has 10 heavy (non-hydrogen) atoms. The van der Waals surface area contributed by atoms with Crippen molar-refractivity contribution in [2.45, 2.75) is 24.4 Å². The summed E-state index contributed by atoms with van der Waals surface area (Å²) in [6.45, 7) is 0.426. The lowest BCUT2D eigenvalue weighted by Crippen LogP contribution is -2.47. The number of aliphatic hydroxyl groups is 2. The zero-order valence-electron chi connectivity index (χ0n) is 5.43. The van der Waals surface area contributed by atoms with Gasteiger partial charge in [0, 0.05) is 0 Å². The summed E-state index contributed by atoms with van der Waals surface area (Å²) < 4.78 is 10.2. The Morgan fingerprint density at radius 2 is 2.30 bits per heavy atom. The molecule has 58 valence electrons. The van der Waals surface area contributed by atoms with Crippen molar-refractivity contribution in [3.8, 4) is 0 Å². The molecule has 0 radical (unpaired) electrons. The van der Waals surface area contributed by atoms with E-state index in [0.29, 0.717) is 6.61 Å². The van der Waals surface area contributed by atoms with Crippen LogP contribution in [-0.2, 0) is 9.47 Å². The monoisotopic (exact) mass is 146 g/mol. The van der Waals surface area contributed by atoms with Crippen molar-refractivity contribution < 1.29 is 19.7 Å². The third kappa shape index (κ3) is 0.703. The van der Waals surface area contributed by atoms with E-state index in [2.05, 4.69) is 0 Å². The highest BCUT2D eigenvalue weighted by Gasteiger charge is 2.49. The van der Waals surface area contributed by atoms with Gasteiger partial charge in [-0.25, -0.2) is 0 Å². The third-order valence-corrected chi connectivity index (χ3v) is 2.07. The molecule has 0 amide bonds. The lowest BCUT2D eigenvalue weighted by Gasteiger charge is -2.30. The van der Waals surface area contributed by atoms with Crippen LogP contribution in [-0.4, -0.2) is 47.8 Å². The molecule has 0 bridgehead atoms. The van der Waals surface area contributed by atoms with Gasteiger partial charge < -0.3 is 19.7 Å². The molecule has 0 aromatic heterocycles. The summed E-state index contributed by atoms with van der Waals surface area (Å²) in [6.07, 6.45) is -1.23. The zero-order valence-corrected chi connectivity index (χ0v) is 5.43. The van der Waals surface area contributed by atoms with Crippen molar-refractivity contribution in [1.29, 1.82) is 0 Å². The van der Waals surface area contributed by atoms with Crippen LogP contribution in [0.15, 0.2) is 0 Å². The Bertz CT molecular complexity index is 138. The van der Waals surface area contributed by atoms with E-state index < -0.39 is 12.2 Å². The van der Waals surface area contributed by atoms with Crippen LogP contribution in [0.3, 0.4) is 0 Å². The van der Waals surface area contributed by atoms with E-state index >= 15 is 0 Å². The standard InChI is InChI=1S/C6H10O4/c7-1-3-5(8)6-4(10-3)2-9-6/h3-8H,1-2H2/t3-,4-,5-,6-/m1/s1. The summed E-state index contributed by atoms with van der Waals surface area (Å²) in [5.41, 5.74) is 0. The number of aliphatic hydroxyl groups excluding tert-OH is 2. The van der Waals surface area contributed by atoms with Gasteiger partial charge in [0.1, 0.15) is 24.4 Å². The van der Waals surface area contributed by atoms with Crippen molar-refractivity contribution in [2.24, 2.45) is 0 Å². The fourth-order valence-corrected chi connectivity index (χ4v) is 1.39. The molecule has 2 fully saturated rings. The highest BCUT2D eigenvalue weighted by atomic mass is 16.6. The van der Waals surface area contributed by atoms with Gasteiger partial charge in [0.05, 0.1) is 13.2 Å². The first-order chi connectivity index (χ1) is 4.83. The molecule has 2 aliphatic rings. The average molecular weight is 146 g/mol. The SMILES string of the molecule is OC[C@H]1O[C@@H]2CO[C@H]2[C@@H]1O. The Balaban J connectivity index is 2.02. The number of hydrogen-bond acceptors (Lipinski definition) is 4. The second kappa shape index (κ2) is 2.17. The average Bonchev–Trinajstić information content (AvgIpc) is 2.05. The molecular formula is C6H10O4. The van der Waals surface area contributed by atoms with E-state index in [-0.39, 0.29) is 18.8 Å². The predicted octanol–water partition coefficient (Wildman–Crippen LogP) is -1.49. The highest BCUT2D eigenvalue weighted by Crippen LogP contribution is 2.30. The summed E-state index contributed by atoms with van der Waals surface area (Å²) in [6, 6.07) is 0. The van der Waals surface area contributed by atoms with E-state index in [0.717, 1.165) is 0 Å². The normalized spacial score (nSPS) is 52.2. The van der Waals surface area contributed by atoms with Gasteiger partial charge in [-0.2, -0.15) is 0 Å². The molecule has 0 aromatic rings. The van der Waals surface area contributed by atoms with Gasteiger partial charge >= 0.3 is 0 Å². The highest BCUT2D eigenvalue weighted by molar-refractivity contribution is 4.96. The Hall–Kier alpha value is -0.160. The largest absolute Gasteiger partial charge is 0.394 e. The third-order valence-electron chi connectivity index (χ3n) is 2.07. The first kappa shape index (κ1) is 6.54. The topological polar surface area (TPSA) is 58.9 Å². The number of fused-ring (bicyclic) bond motifs is 1. The van der Waals surface area contributed by atoms with Gasteiger partial charge in [-0.05, 0) is 0 Å². The lowest BCUT2D eigenvalue weighted by atomic mass is 10.0. The minimum absolute atomic E-state index is 0.0205. The molecule has 0 aliphatic carbocycles. The summed E-state index contributed by atoms with van der Waals surface area (Å²) in [5, 5.41) is 17.9. The van der Waals surface area contributed by atoms with Crippen LogP contribution in [0.4, 0.5) is 0 Å². The summed E-state index contributed by atoms with van der Waals surface area (Å²) >= 11 is 0. The van der Waals surface area contributed by atoms with Gasteiger partial charge in [0.2, 0.25) is 0 Å². The van der Waals surface area contributed by atoms with Crippen LogP contribution in [0, 0.1) is 0 Å². The van der Waals surface area contributed by atoms with Gasteiger partial charge in [-0.3, -0.25) is 0 Å². The van der Waals surface area contributed by atoms with Crippen LogP contribution in [0.25, 0.3) is 0 Å². The van der Waals surface area contributed by atoms with Crippen LogP contribution >= 0.6 is 0 Å². The Labute approximate surface area is 58.4 Å². The first-order valence-electron chi connectivity index (χ1n) is 3.39. The van der Waals surface area contributed by atoms with Gasteiger partial charge in [0.25, 0.3) is 0 Å². The van der Waals surface area contributed by atoms with Gasteiger partial charge in [0.15, 0.2) is 0 Å². The predicted molar refractivity (Wildman–Crippen MR) is 31.5 cm³/mol. The molecule has 2 N–H and O–H groups in total. The minimum atomic E-state index is -0.635. The second-order valence-corrected chi connectivity index (χ2v) is 2.68. The van der Waals surface area contributed by atoms with Crippen LogP contribution in [0.1, 0.15) is 0 Å². The molecular weight excluding hydrogens is 136 g/mol. The van der Waals surface area contributed by atoms with Crippen molar-refractivity contribution >= 4 is 0 Å². The number of ether oxygens (including phenoxy) is 2. The molecule has 0 spiro atoms. The summed E-state index contributed by atoms with van der Waals surface area (Å²) in [5.74, 6) is 0. The molecule has 2 rings (SSSR count). The second-order valence-electron chi connectivity index (χ2n) is 2.68.